The Kier molecular flexibility index (Phi) is 6.51. The van der Waals surface area contributed by atoms with Gasteiger partial charge >= 0.3 is 5.97 Å². The normalized spacial score (nSPS) is 18.4. The van der Waals surface area contributed by atoms with Crippen LogP contribution in [0.3, 0.4) is 0 Å². The molecule has 1 fully saturated rings. The van der Waals surface area contributed by atoms with Crippen LogP contribution in [0, 0.1) is 22.0 Å². The number of nitro groups is 1. The van der Waals surface area contributed by atoms with Gasteiger partial charge in [-0.3, -0.25) is 24.6 Å². The van der Waals surface area contributed by atoms with E-state index in [1.165, 1.54) is 29.2 Å². The SMILES string of the molecule is O=C(OCc1ccc(Oc2ccc([N+](=O)[O-])cc2)cc1)c1ccc(N2C(=O)[C@H]3CC=CC[C@H]3C2=O)cc1. The Balaban J connectivity index is 1.16. The zero-order valence-corrected chi connectivity index (χ0v) is 19.6. The Morgan fingerprint density at radius 1 is 0.838 bits per heavy atom. The van der Waals surface area contributed by atoms with Gasteiger partial charge in [0.15, 0.2) is 0 Å². The second-order valence-electron chi connectivity index (χ2n) is 8.79. The minimum absolute atomic E-state index is 0.0209. The fraction of sp³-hybridized carbons (Fsp3) is 0.179. The van der Waals surface area contributed by atoms with Crippen LogP contribution in [0.2, 0.25) is 0 Å². The molecule has 3 aromatic carbocycles. The standard InChI is InChI=1S/C28H22N2O7/c31-26-24-3-1-2-4-25(24)27(32)29(26)20-9-7-19(8-10-20)28(33)36-17-18-5-13-22(14-6-18)37-23-15-11-21(12-16-23)30(34)35/h1-2,5-16,24-25H,3-4,17H2/t24-,25+. The van der Waals surface area contributed by atoms with Gasteiger partial charge in [0.05, 0.1) is 28.0 Å². The number of esters is 1. The predicted molar refractivity (Wildman–Crippen MR) is 133 cm³/mol. The number of hydrogen-bond donors (Lipinski definition) is 0. The number of hydrogen-bond acceptors (Lipinski definition) is 7. The molecule has 0 N–H and O–H groups in total. The molecule has 5 rings (SSSR count). The van der Waals surface area contributed by atoms with Crippen molar-refractivity contribution in [2.75, 3.05) is 4.90 Å². The van der Waals surface area contributed by atoms with Crippen molar-refractivity contribution in [2.45, 2.75) is 19.4 Å². The van der Waals surface area contributed by atoms with Gasteiger partial charge in [0.25, 0.3) is 5.69 Å². The molecule has 0 saturated carbocycles. The van der Waals surface area contributed by atoms with E-state index in [4.69, 9.17) is 9.47 Å². The summed E-state index contributed by atoms with van der Waals surface area (Å²) in [6, 6.07) is 18.9. The Hall–Kier alpha value is -4.79. The number of allylic oxidation sites excluding steroid dienone is 2. The van der Waals surface area contributed by atoms with E-state index in [-0.39, 0.29) is 35.9 Å². The van der Waals surface area contributed by atoms with Gasteiger partial charge in [0.1, 0.15) is 18.1 Å². The first-order valence-corrected chi connectivity index (χ1v) is 11.7. The molecule has 3 aromatic rings. The summed E-state index contributed by atoms with van der Waals surface area (Å²) in [5, 5.41) is 10.7. The van der Waals surface area contributed by atoms with E-state index in [0.29, 0.717) is 35.6 Å². The number of nitrogens with zero attached hydrogens (tertiary/aromatic N) is 2. The van der Waals surface area contributed by atoms with E-state index < -0.39 is 10.9 Å². The summed E-state index contributed by atoms with van der Waals surface area (Å²) in [6.07, 6.45) is 5.02. The van der Waals surface area contributed by atoms with E-state index in [9.17, 15) is 24.5 Å². The van der Waals surface area contributed by atoms with Crippen LogP contribution in [0.4, 0.5) is 11.4 Å². The lowest BCUT2D eigenvalue weighted by Crippen LogP contribution is -2.30. The van der Waals surface area contributed by atoms with Gasteiger partial charge in [-0.25, -0.2) is 4.79 Å². The molecule has 9 heteroatoms. The lowest BCUT2D eigenvalue weighted by Gasteiger charge is -2.15. The van der Waals surface area contributed by atoms with Crippen molar-refractivity contribution in [1.82, 2.24) is 0 Å². The number of ether oxygens (including phenoxy) is 2. The number of amides is 2. The molecule has 0 unspecified atom stereocenters. The molecular formula is C28H22N2O7. The number of benzene rings is 3. The highest BCUT2D eigenvalue weighted by molar-refractivity contribution is 6.22. The molecule has 1 heterocycles. The summed E-state index contributed by atoms with van der Waals surface area (Å²) >= 11 is 0. The first kappa shape index (κ1) is 23.9. The molecule has 2 atom stereocenters. The van der Waals surface area contributed by atoms with E-state index in [2.05, 4.69) is 0 Å². The molecule has 37 heavy (non-hydrogen) atoms. The summed E-state index contributed by atoms with van der Waals surface area (Å²) in [5.74, 6) is -0.565. The number of carbonyl (C=O) groups is 3. The predicted octanol–water partition coefficient (Wildman–Crippen LogP) is 5.20. The zero-order valence-electron chi connectivity index (χ0n) is 19.6. The molecule has 9 nitrogen and oxygen atoms in total. The number of anilines is 1. The number of nitro benzene ring substituents is 1. The third-order valence-corrected chi connectivity index (χ3v) is 6.45. The molecule has 0 bridgehead atoms. The van der Waals surface area contributed by atoms with E-state index in [1.54, 1.807) is 48.5 Å². The summed E-state index contributed by atoms with van der Waals surface area (Å²) in [4.78, 5) is 49.5. The third-order valence-electron chi connectivity index (χ3n) is 6.45. The molecule has 186 valence electrons. The van der Waals surface area contributed by atoms with E-state index in [1.807, 2.05) is 12.2 Å². The minimum Gasteiger partial charge on any atom is -0.457 e. The van der Waals surface area contributed by atoms with Gasteiger partial charge in [-0.05, 0) is 66.9 Å². The summed E-state index contributed by atoms with van der Waals surface area (Å²) in [5.41, 5.74) is 1.47. The fourth-order valence-corrected chi connectivity index (χ4v) is 4.46. The van der Waals surface area contributed by atoms with Gasteiger partial charge in [0, 0.05) is 12.1 Å². The van der Waals surface area contributed by atoms with Crippen molar-refractivity contribution in [2.24, 2.45) is 11.8 Å². The molecular weight excluding hydrogens is 476 g/mol. The van der Waals surface area contributed by atoms with Crippen LogP contribution in [0.25, 0.3) is 0 Å². The van der Waals surface area contributed by atoms with Gasteiger partial charge in [-0.15, -0.1) is 0 Å². The smallest absolute Gasteiger partial charge is 0.338 e. The van der Waals surface area contributed by atoms with Crippen LogP contribution < -0.4 is 9.64 Å². The molecule has 1 saturated heterocycles. The number of rotatable bonds is 7. The van der Waals surface area contributed by atoms with Gasteiger partial charge in [-0.1, -0.05) is 24.3 Å². The second kappa shape index (κ2) is 10.1. The highest BCUT2D eigenvalue weighted by Gasteiger charge is 2.47. The monoisotopic (exact) mass is 498 g/mol. The lowest BCUT2D eigenvalue weighted by atomic mass is 9.85. The highest BCUT2D eigenvalue weighted by atomic mass is 16.6. The summed E-state index contributed by atoms with van der Waals surface area (Å²) in [7, 11) is 0. The van der Waals surface area contributed by atoms with Crippen LogP contribution in [0.5, 0.6) is 11.5 Å². The Labute approximate surface area is 212 Å². The van der Waals surface area contributed by atoms with Crippen LogP contribution in [-0.2, 0) is 20.9 Å². The van der Waals surface area contributed by atoms with Crippen LogP contribution >= 0.6 is 0 Å². The Bertz CT molecular complexity index is 1350. The van der Waals surface area contributed by atoms with Crippen LogP contribution in [0.1, 0.15) is 28.8 Å². The zero-order chi connectivity index (χ0) is 25.9. The van der Waals surface area contributed by atoms with E-state index in [0.717, 1.165) is 5.56 Å². The van der Waals surface area contributed by atoms with Gasteiger partial charge in [0.2, 0.25) is 11.8 Å². The van der Waals surface area contributed by atoms with E-state index >= 15 is 0 Å². The number of imide groups is 1. The molecule has 0 spiro atoms. The maximum Gasteiger partial charge on any atom is 0.338 e. The largest absolute Gasteiger partial charge is 0.457 e. The number of fused-ring (bicyclic) bond motifs is 1. The van der Waals surface area contributed by atoms with Crippen LogP contribution in [-0.4, -0.2) is 22.7 Å². The first-order valence-electron chi connectivity index (χ1n) is 11.7. The number of carbonyl (C=O) groups excluding carboxylic acids is 3. The van der Waals surface area contributed by atoms with Crippen molar-refractivity contribution >= 4 is 29.2 Å². The summed E-state index contributed by atoms with van der Waals surface area (Å²) in [6.45, 7) is 0.0395. The topological polar surface area (TPSA) is 116 Å². The van der Waals surface area contributed by atoms with Crippen molar-refractivity contribution < 1.29 is 28.8 Å². The molecule has 1 aliphatic heterocycles. The maximum atomic E-state index is 12.7. The quantitative estimate of drug-likeness (QED) is 0.145. The van der Waals surface area contributed by atoms with Crippen molar-refractivity contribution in [3.63, 3.8) is 0 Å². The Morgan fingerprint density at radius 2 is 1.38 bits per heavy atom. The Morgan fingerprint density at radius 3 is 1.92 bits per heavy atom. The fourth-order valence-electron chi connectivity index (χ4n) is 4.46. The van der Waals surface area contributed by atoms with Gasteiger partial charge in [-0.2, -0.15) is 0 Å². The third kappa shape index (κ3) is 4.97. The lowest BCUT2D eigenvalue weighted by molar-refractivity contribution is -0.384. The molecule has 0 aromatic heterocycles. The van der Waals surface area contributed by atoms with Crippen molar-refractivity contribution in [3.05, 3.63) is 106 Å². The maximum absolute atomic E-state index is 12.7. The minimum atomic E-state index is -0.533. The van der Waals surface area contributed by atoms with Crippen molar-refractivity contribution in [3.8, 4) is 11.5 Å². The average Bonchev–Trinajstić information content (AvgIpc) is 3.18. The molecule has 1 aliphatic carbocycles. The van der Waals surface area contributed by atoms with Gasteiger partial charge < -0.3 is 9.47 Å². The molecule has 2 amide bonds. The van der Waals surface area contributed by atoms with Crippen molar-refractivity contribution in [1.29, 1.82) is 0 Å². The molecule has 0 radical (unpaired) electrons. The average molecular weight is 498 g/mol. The second-order valence-corrected chi connectivity index (χ2v) is 8.79. The summed E-state index contributed by atoms with van der Waals surface area (Å²) < 4.78 is 11.1. The van der Waals surface area contributed by atoms with Crippen LogP contribution in [0.15, 0.2) is 84.9 Å². The number of non-ortho nitro benzene ring substituents is 1. The highest BCUT2D eigenvalue weighted by Crippen LogP contribution is 2.37. The first-order chi connectivity index (χ1) is 17.9. The molecule has 2 aliphatic rings.